The van der Waals surface area contributed by atoms with Crippen LogP contribution in [-0.4, -0.2) is 21.3 Å². The first-order chi connectivity index (χ1) is 7.77. The molecule has 0 aromatic carbocycles. The summed E-state index contributed by atoms with van der Waals surface area (Å²) in [4.78, 5) is 0. The van der Waals surface area contributed by atoms with Gasteiger partial charge in [-0.15, -0.1) is 10.2 Å². The first kappa shape index (κ1) is 11.6. The van der Waals surface area contributed by atoms with Crippen LogP contribution in [0.2, 0.25) is 0 Å². The van der Waals surface area contributed by atoms with Gasteiger partial charge >= 0.3 is 0 Å². The van der Waals surface area contributed by atoms with Gasteiger partial charge in [0.1, 0.15) is 12.2 Å². The molecule has 1 aromatic heterocycles. The normalized spacial score (nSPS) is 21.6. The fourth-order valence-electron chi connectivity index (χ4n) is 2.18. The van der Waals surface area contributed by atoms with E-state index in [4.69, 9.17) is 0 Å². The van der Waals surface area contributed by atoms with Gasteiger partial charge in [0.05, 0.1) is 6.04 Å². The molecule has 1 unspecified atom stereocenters. The van der Waals surface area contributed by atoms with Crippen molar-refractivity contribution in [3.05, 3.63) is 12.2 Å². The summed E-state index contributed by atoms with van der Waals surface area (Å²) in [5.41, 5.74) is 0. The van der Waals surface area contributed by atoms with E-state index in [0.717, 1.165) is 24.8 Å². The van der Waals surface area contributed by atoms with Crippen LogP contribution in [0.25, 0.3) is 0 Å². The lowest BCUT2D eigenvalue weighted by Gasteiger charge is -2.23. The molecule has 0 radical (unpaired) electrons. The van der Waals surface area contributed by atoms with Gasteiger partial charge in [0.2, 0.25) is 0 Å². The van der Waals surface area contributed by atoms with E-state index in [-0.39, 0.29) is 0 Å². The number of aromatic nitrogens is 3. The first-order valence-corrected chi connectivity index (χ1v) is 6.38. The van der Waals surface area contributed by atoms with E-state index < -0.39 is 0 Å². The molecule has 2 rings (SSSR count). The predicted octanol–water partition coefficient (Wildman–Crippen LogP) is 2.14. The Morgan fingerprint density at radius 1 is 1.50 bits per heavy atom. The quantitative estimate of drug-likeness (QED) is 0.848. The second kappa shape index (κ2) is 5.43. The van der Waals surface area contributed by atoms with Crippen molar-refractivity contribution >= 4 is 0 Å². The zero-order valence-electron chi connectivity index (χ0n) is 10.3. The maximum atomic E-state index is 4.27. The molecule has 0 spiro atoms. The molecule has 1 fully saturated rings. The van der Waals surface area contributed by atoms with E-state index >= 15 is 0 Å². The third-order valence-corrected chi connectivity index (χ3v) is 3.21. The summed E-state index contributed by atoms with van der Waals surface area (Å²) in [7, 11) is 0. The predicted molar refractivity (Wildman–Crippen MR) is 64.1 cm³/mol. The summed E-state index contributed by atoms with van der Waals surface area (Å²) in [6.07, 6.45) is 6.84. The van der Waals surface area contributed by atoms with Crippen molar-refractivity contribution in [2.75, 3.05) is 6.54 Å². The summed E-state index contributed by atoms with van der Waals surface area (Å²) in [5, 5.41) is 11.8. The Balaban J connectivity index is 2.00. The molecule has 16 heavy (non-hydrogen) atoms. The average molecular weight is 222 g/mol. The maximum absolute atomic E-state index is 4.27. The smallest absolute Gasteiger partial charge is 0.149 e. The van der Waals surface area contributed by atoms with E-state index in [1.54, 1.807) is 0 Å². The van der Waals surface area contributed by atoms with Gasteiger partial charge in [0, 0.05) is 6.54 Å². The highest BCUT2D eigenvalue weighted by molar-refractivity contribution is 4.96. The van der Waals surface area contributed by atoms with Crippen molar-refractivity contribution < 1.29 is 0 Å². The number of hydrogen-bond acceptors (Lipinski definition) is 3. The Labute approximate surface area is 97.5 Å². The van der Waals surface area contributed by atoms with Crippen LogP contribution in [0.5, 0.6) is 0 Å². The van der Waals surface area contributed by atoms with E-state index in [1.807, 2.05) is 6.33 Å². The lowest BCUT2D eigenvalue weighted by Crippen LogP contribution is -2.29. The summed E-state index contributed by atoms with van der Waals surface area (Å²) < 4.78 is 2.21. The topological polar surface area (TPSA) is 42.7 Å². The molecule has 0 bridgehead atoms. The Morgan fingerprint density at radius 2 is 2.38 bits per heavy atom. The van der Waals surface area contributed by atoms with E-state index in [2.05, 4.69) is 33.9 Å². The highest BCUT2D eigenvalue weighted by Crippen LogP contribution is 2.21. The number of nitrogens with zero attached hydrogens (tertiary/aromatic N) is 3. The molecule has 1 aliphatic heterocycles. The van der Waals surface area contributed by atoms with Crippen LogP contribution < -0.4 is 5.32 Å². The van der Waals surface area contributed by atoms with Crippen molar-refractivity contribution in [2.24, 2.45) is 5.92 Å². The van der Waals surface area contributed by atoms with E-state index in [0.29, 0.717) is 6.04 Å². The molecule has 4 nitrogen and oxygen atoms in total. The van der Waals surface area contributed by atoms with Crippen LogP contribution in [-0.2, 0) is 6.54 Å². The van der Waals surface area contributed by atoms with Gasteiger partial charge in [-0.1, -0.05) is 20.3 Å². The molecule has 1 aromatic rings. The lowest BCUT2D eigenvalue weighted by atomic mass is 10.0. The number of nitrogens with one attached hydrogen (secondary N) is 1. The molecular formula is C12H22N4. The second-order valence-corrected chi connectivity index (χ2v) is 5.07. The second-order valence-electron chi connectivity index (χ2n) is 5.07. The zero-order valence-corrected chi connectivity index (χ0v) is 10.3. The van der Waals surface area contributed by atoms with Crippen molar-refractivity contribution in [1.82, 2.24) is 20.1 Å². The number of aryl methyl sites for hydroxylation is 1. The Hall–Kier alpha value is -0.900. The molecule has 0 saturated carbocycles. The fraction of sp³-hybridized carbons (Fsp3) is 0.833. The molecular weight excluding hydrogens is 200 g/mol. The standard InChI is InChI=1S/C12H22N4/c1-10(2)6-8-16-9-14-15-12(16)11-5-3-4-7-13-11/h9-11,13H,3-8H2,1-2H3. The van der Waals surface area contributed by atoms with Crippen LogP contribution in [0.3, 0.4) is 0 Å². The van der Waals surface area contributed by atoms with Crippen LogP contribution in [0, 0.1) is 5.92 Å². The van der Waals surface area contributed by atoms with E-state index in [1.165, 1.54) is 25.7 Å². The first-order valence-electron chi connectivity index (χ1n) is 6.38. The average Bonchev–Trinajstić information content (AvgIpc) is 2.75. The molecule has 1 atom stereocenters. The molecule has 0 aliphatic carbocycles. The molecule has 1 N–H and O–H groups in total. The zero-order chi connectivity index (χ0) is 11.4. The van der Waals surface area contributed by atoms with Crippen LogP contribution >= 0.6 is 0 Å². The molecule has 1 aliphatic rings. The SMILES string of the molecule is CC(C)CCn1cnnc1C1CCCCN1. The summed E-state index contributed by atoms with van der Waals surface area (Å²) >= 11 is 0. The minimum absolute atomic E-state index is 0.420. The lowest BCUT2D eigenvalue weighted by molar-refractivity contribution is 0.379. The van der Waals surface area contributed by atoms with Gasteiger partial charge in [0.15, 0.2) is 0 Å². The molecule has 4 heteroatoms. The summed E-state index contributed by atoms with van der Waals surface area (Å²) in [6.45, 7) is 6.66. The van der Waals surface area contributed by atoms with Gasteiger partial charge in [-0.25, -0.2) is 0 Å². The summed E-state index contributed by atoms with van der Waals surface area (Å²) in [6, 6.07) is 0.420. The van der Waals surface area contributed by atoms with Gasteiger partial charge in [-0.3, -0.25) is 0 Å². The van der Waals surface area contributed by atoms with Crippen molar-refractivity contribution in [1.29, 1.82) is 0 Å². The fourth-order valence-corrected chi connectivity index (χ4v) is 2.18. The van der Waals surface area contributed by atoms with Crippen molar-refractivity contribution in [2.45, 2.75) is 52.1 Å². The molecule has 90 valence electrons. The number of piperidine rings is 1. The third kappa shape index (κ3) is 2.82. The Kier molecular flexibility index (Phi) is 3.93. The van der Waals surface area contributed by atoms with Crippen LogP contribution in [0.4, 0.5) is 0 Å². The van der Waals surface area contributed by atoms with Gasteiger partial charge in [0.25, 0.3) is 0 Å². The van der Waals surface area contributed by atoms with Gasteiger partial charge in [-0.05, 0) is 31.7 Å². The van der Waals surface area contributed by atoms with Crippen LogP contribution in [0.1, 0.15) is 51.4 Å². The minimum atomic E-state index is 0.420. The maximum Gasteiger partial charge on any atom is 0.149 e. The molecule has 2 heterocycles. The minimum Gasteiger partial charge on any atom is -0.316 e. The highest BCUT2D eigenvalue weighted by Gasteiger charge is 2.19. The number of rotatable bonds is 4. The van der Waals surface area contributed by atoms with Gasteiger partial charge in [-0.2, -0.15) is 0 Å². The molecule has 0 amide bonds. The largest absolute Gasteiger partial charge is 0.316 e. The Morgan fingerprint density at radius 3 is 3.06 bits per heavy atom. The monoisotopic (exact) mass is 222 g/mol. The molecule has 1 saturated heterocycles. The van der Waals surface area contributed by atoms with E-state index in [9.17, 15) is 0 Å². The Bertz CT molecular complexity index is 313. The summed E-state index contributed by atoms with van der Waals surface area (Å²) in [5.74, 6) is 1.86. The number of hydrogen-bond donors (Lipinski definition) is 1. The van der Waals surface area contributed by atoms with Crippen LogP contribution in [0.15, 0.2) is 6.33 Å². The van der Waals surface area contributed by atoms with Crippen molar-refractivity contribution in [3.8, 4) is 0 Å². The van der Waals surface area contributed by atoms with Crippen molar-refractivity contribution in [3.63, 3.8) is 0 Å². The highest BCUT2D eigenvalue weighted by atomic mass is 15.3. The van der Waals surface area contributed by atoms with Gasteiger partial charge < -0.3 is 9.88 Å². The third-order valence-electron chi connectivity index (χ3n) is 3.21.